The summed E-state index contributed by atoms with van der Waals surface area (Å²) in [4.78, 5) is 15.9. The molecule has 1 aliphatic rings. The number of hydrogen-bond acceptors (Lipinski definition) is 3. The van der Waals surface area contributed by atoms with Crippen LogP contribution in [0.15, 0.2) is 30.3 Å². The number of aryl methyl sites for hydroxylation is 1. The summed E-state index contributed by atoms with van der Waals surface area (Å²) in [5.41, 5.74) is 6.59. The zero-order valence-corrected chi connectivity index (χ0v) is 13.6. The van der Waals surface area contributed by atoms with Crippen LogP contribution < -0.4 is 5.73 Å². The van der Waals surface area contributed by atoms with Crippen molar-refractivity contribution in [3.05, 3.63) is 47.5 Å². The summed E-state index contributed by atoms with van der Waals surface area (Å²) in [7, 11) is 0. The highest BCUT2D eigenvalue weighted by Gasteiger charge is 2.31. The standard InChI is InChI=1S/C18H24N4O/c1-2-22-18(20-16(21-22)12-15(19)23)17(14-10-6-7-11-14)13-8-4-3-5-9-13/h3-5,8-9,14,17H,2,6-7,10-12H2,1H3,(H2,19,23). The van der Waals surface area contributed by atoms with Gasteiger partial charge in [-0.05, 0) is 31.2 Å². The second kappa shape index (κ2) is 6.94. The molecule has 1 aliphatic carbocycles. The average molecular weight is 312 g/mol. The fourth-order valence-corrected chi connectivity index (χ4v) is 3.68. The van der Waals surface area contributed by atoms with Crippen LogP contribution in [-0.4, -0.2) is 20.7 Å². The molecule has 0 saturated heterocycles. The molecule has 1 fully saturated rings. The molecule has 23 heavy (non-hydrogen) atoms. The predicted octanol–water partition coefficient (Wildman–Crippen LogP) is 2.65. The highest BCUT2D eigenvalue weighted by molar-refractivity contribution is 5.75. The molecule has 1 unspecified atom stereocenters. The highest BCUT2D eigenvalue weighted by Crippen LogP contribution is 2.40. The topological polar surface area (TPSA) is 73.8 Å². The Hall–Kier alpha value is -2.17. The van der Waals surface area contributed by atoms with Gasteiger partial charge in [-0.2, -0.15) is 5.10 Å². The zero-order valence-electron chi connectivity index (χ0n) is 13.6. The van der Waals surface area contributed by atoms with Gasteiger partial charge in [0.1, 0.15) is 5.82 Å². The first-order valence-corrected chi connectivity index (χ1v) is 8.46. The fraction of sp³-hybridized carbons (Fsp3) is 0.500. The van der Waals surface area contributed by atoms with Gasteiger partial charge in [0.05, 0.1) is 6.42 Å². The number of rotatable bonds is 6. The maximum absolute atomic E-state index is 11.2. The van der Waals surface area contributed by atoms with Gasteiger partial charge in [-0.3, -0.25) is 4.79 Å². The third kappa shape index (κ3) is 3.44. The predicted molar refractivity (Wildman–Crippen MR) is 88.8 cm³/mol. The van der Waals surface area contributed by atoms with Gasteiger partial charge in [-0.25, -0.2) is 9.67 Å². The minimum atomic E-state index is -0.387. The molecule has 0 spiro atoms. The number of carbonyl (C=O) groups is 1. The van der Waals surface area contributed by atoms with Crippen molar-refractivity contribution in [2.75, 3.05) is 0 Å². The maximum Gasteiger partial charge on any atom is 0.225 e. The molecular formula is C18H24N4O. The van der Waals surface area contributed by atoms with Crippen molar-refractivity contribution in [2.24, 2.45) is 11.7 Å². The monoisotopic (exact) mass is 312 g/mol. The minimum Gasteiger partial charge on any atom is -0.369 e. The molecule has 1 amide bonds. The quantitative estimate of drug-likeness (QED) is 0.891. The summed E-state index contributed by atoms with van der Waals surface area (Å²) in [6.45, 7) is 2.81. The Balaban J connectivity index is 2.02. The van der Waals surface area contributed by atoms with Crippen LogP contribution in [0, 0.1) is 5.92 Å². The van der Waals surface area contributed by atoms with Crippen molar-refractivity contribution >= 4 is 5.91 Å². The molecule has 1 heterocycles. The van der Waals surface area contributed by atoms with E-state index in [4.69, 9.17) is 10.7 Å². The van der Waals surface area contributed by atoms with Gasteiger partial charge in [0.25, 0.3) is 0 Å². The summed E-state index contributed by atoms with van der Waals surface area (Å²) in [5, 5.41) is 4.49. The van der Waals surface area contributed by atoms with Crippen molar-refractivity contribution in [1.29, 1.82) is 0 Å². The molecular weight excluding hydrogens is 288 g/mol. The SMILES string of the molecule is CCn1nc(CC(N)=O)nc1C(c1ccccc1)C1CCCC1. The van der Waals surface area contributed by atoms with Gasteiger partial charge in [0, 0.05) is 12.5 Å². The number of carbonyl (C=O) groups excluding carboxylic acids is 1. The summed E-state index contributed by atoms with van der Waals surface area (Å²) < 4.78 is 1.94. The molecule has 122 valence electrons. The van der Waals surface area contributed by atoms with Crippen LogP contribution in [0.3, 0.4) is 0 Å². The largest absolute Gasteiger partial charge is 0.369 e. The molecule has 1 aromatic heterocycles. The van der Waals surface area contributed by atoms with Crippen LogP contribution in [-0.2, 0) is 17.8 Å². The Morgan fingerprint density at radius 1 is 1.30 bits per heavy atom. The van der Waals surface area contributed by atoms with Crippen LogP contribution in [0.25, 0.3) is 0 Å². The lowest BCUT2D eigenvalue weighted by molar-refractivity contribution is -0.117. The third-order valence-corrected chi connectivity index (χ3v) is 4.68. The number of hydrogen-bond donors (Lipinski definition) is 1. The van der Waals surface area contributed by atoms with Gasteiger partial charge in [-0.1, -0.05) is 43.2 Å². The smallest absolute Gasteiger partial charge is 0.225 e. The summed E-state index contributed by atoms with van der Waals surface area (Å²) in [5.74, 6) is 1.96. The molecule has 0 radical (unpaired) electrons. The lowest BCUT2D eigenvalue weighted by atomic mass is 9.84. The van der Waals surface area contributed by atoms with Crippen molar-refractivity contribution in [3.8, 4) is 0 Å². The van der Waals surface area contributed by atoms with Gasteiger partial charge in [0.15, 0.2) is 5.82 Å². The Kier molecular flexibility index (Phi) is 4.74. The zero-order chi connectivity index (χ0) is 16.2. The Bertz CT molecular complexity index is 659. The number of amides is 1. The maximum atomic E-state index is 11.2. The van der Waals surface area contributed by atoms with E-state index in [1.807, 2.05) is 10.7 Å². The number of primary amides is 1. The van der Waals surface area contributed by atoms with E-state index in [-0.39, 0.29) is 18.2 Å². The average Bonchev–Trinajstić information content (AvgIpc) is 3.19. The minimum absolute atomic E-state index is 0.103. The van der Waals surface area contributed by atoms with Crippen molar-refractivity contribution in [1.82, 2.24) is 14.8 Å². The summed E-state index contributed by atoms with van der Waals surface area (Å²) >= 11 is 0. The van der Waals surface area contributed by atoms with Crippen LogP contribution >= 0.6 is 0 Å². The van der Waals surface area contributed by atoms with Crippen molar-refractivity contribution in [2.45, 2.75) is 51.5 Å². The Labute approximate surface area is 136 Å². The second-order valence-electron chi connectivity index (χ2n) is 6.28. The molecule has 5 heteroatoms. The first-order valence-electron chi connectivity index (χ1n) is 8.46. The number of nitrogens with zero attached hydrogens (tertiary/aromatic N) is 3. The number of aromatic nitrogens is 3. The van der Waals surface area contributed by atoms with Crippen LogP contribution in [0.5, 0.6) is 0 Å². The molecule has 3 rings (SSSR count). The Morgan fingerprint density at radius 2 is 2.00 bits per heavy atom. The molecule has 5 nitrogen and oxygen atoms in total. The van der Waals surface area contributed by atoms with E-state index >= 15 is 0 Å². The molecule has 1 atom stereocenters. The van der Waals surface area contributed by atoms with Gasteiger partial charge >= 0.3 is 0 Å². The lowest BCUT2D eigenvalue weighted by Gasteiger charge is -2.23. The van der Waals surface area contributed by atoms with Crippen molar-refractivity contribution in [3.63, 3.8) is 0 Å². The van der Waals surface area contributed by atoms with E-state index in [0.717, 1.165) is 12.4 Å². The molecule has 0 aliphatic heterocycles. The van der Waals surface area contributed by atoms with Gasteiger partial charge in [-0.15, -0.1) is 0 Å². The summed E-state index contributed by atoms with van der Waals surface area (Å²) in [6.07, 6.45) is 5.11. The molecule has 1 aromatic carbocycles. The molecule has 1 saturated carbocycles. The van der Waals surface area contributed by atoms with Gasteiger partial charge < -0.3 is 5.73 Å². The van der Waals surface area contributed by atoms with E-state index in [0.29, 0.717) is 11.7 Å². The van der Waals surface area contributed by atoms with Crippen LogP contribution in [0.4, 0.5) is 0 Å². The Morgan fingerprint density at radius 3 is 2.61 bits per heavy atom. The third-order valence-electron chi connectivity index (χ3n) is 4.68. The van der Waals surface area contributed by atoms with E-state index in [9.17, 15) is 4.79 Å². The second-order valence-corrected chi connectivity index (χ2v) is 6.28. The first kappa shape index (κ1) is 15.7. The van der Waals surface area contributed by atoms with Crippen molar-refractivity contribution < 1.29 is 4.79 Å². The summed E-state index contributed by atoms with van der Waals surface area (Å²) in [6, 6.07) is 10.5. The van der Waals surface area contributed by atoms with E-state index < -0.39 is 0 Å². The van der Waals surface area contributed by atoms with Gasteiger partial charge in [0.2, 0.25) is 5.91 Å². The normalized spacial score (nSPS) is 16.6. The van der Waals surface area contributed by atoms with Crippen LogP contribution in [0.1, 0.15) is 55.7 Å². The highest BCUT2D eigenvalue weighted by atomic mass is 16.1. The molecule has 0 bridgehead atoms. The lowest BCUT2D eigenvalue weighted by Crippen LogP contribution is -2.17. The number of benzene rings is 1. The number of nitrogens with two attached hydrogens (primary N) is 1. The van der Waals surface area contributed by atoms with Crippen LogP contribution in [0.2, 0.25) is 0 Å². The first-order chi connectivity index (χ1) is 11.2. The fourth-order valence-electron chi connectivity index (χ4n) is 3.68. The molecule has 2 N–H and O–H groups in total. The van der Waals surface area contributed by atoms with E-state index in [1.54, 1.807) is 0 Å². The van der Waals surface area contributed by atoms with E-state index in [2.05, 4.69) is 36.3 Å². The molecule has 2 aromatic rings. The van der Waals surface area contributed by atoms with E-state index in [1.165, 1.54) is 31.2 Å².